The van der Waals surface area contributed by atoms with Gasteiger partial charge < -0.3 is 10.1 Å². The minimum Gasteiger partial charge on any atom is -0.467 e. The SMILES string of the molecule is C[C@H](NC(=O)C(C)(C)C)[C@@H](Oc1cncn1-c1ccc(F)cc1)c1cc(F)cc(Cl)c1. The van der Waals surface area contributed by atoms with Gasteiger partial charge in [-0.3, -0.25) is 9.36 Å². The Morgan fingerprint density at radius 3 is 2.42 bits per heavy atom. The lowest BCUT2D eigenvalue weighted by atomic mass is 9.94. The first-order valence-corrected chi connectivity index (χ1v) is 10.1. The van der Waals surface area contributed by atoms with Gasteiger partial charge in [0.2, 0.25) is 11.8 Å². The normalized spacial score (nSPS) is 13.5. The molecule has 1 aromatic heterocycles. The van der Waals surface area contributed by atoms with Gasteiger partial charge in [-0.25, -0.2) is 13.8 Å². The molecule has 0 bridgehead atoms. The fourth-order valence-corrected chi connectivity index (χ4v) is 3.22. The second kappa shape index (κ2) is 9.06. The van der Waals surface area contributed by atoms with E-state index in [1.165, 1.54) is 36.8 Å². The van der Waals surface area contributed by atoms with Crippen LogP contribution in [-0.2, 0) is 4.79 Å². The maximum atomic E-state index is 14.1. The maximum Gasteiger partial charge on any atom is 0.225 e. The largest absolute Gasteiger partial charge is 0.467 e. The Labute approximate surface area is 185 Å². The van der Waals surface area contributed by atoms with Crippen LogP contribution in [0.3, 0.4) is 0 Å². The molecule has 0 aliphatic rings. The van der Waals surface area contributed by atoms with Gasteiger partial charge in [0.15, 0.2) is 0 Å². The molecule has 0 aliphatic carbocycles. The van der Waals surface area contributed by atoms with Crippen LogP contribution < -0.4 is 10.1 Å². The molecule has 0 saturated carbocycles. The number of carbonyl (C=O) groups excluding carboxylic acids is 1. The van der Waals surface area contributed by atoms with Crippen molar-refractivity contribution in [1.82, 2.24) is 14.9 Å². The van der Waals surface area contributed by atoms with Crippen LogP contribution in [0.2, 0.25) is 5.02 Å². The van der Waals surface area contributed by atoms with Gasteiger partial charge in [0.1, 0.15) is 24.1 Å². The summed E-state index contributed by atoms with van der Waals surface area (Å²) in [6.07, 6.45) is 2.25. The van der Waals surface area contributed by atoms with Crippen molar-refractivity contribution >= 4 is 17.5 Å². The molecule has 0 aliphatic heterocycles. The van der Waals surface area contributed by atoms with Gasteiger partial charge in [-0.05, 0) is 55.0 Å². The van der Waals surface area contributed by atoms with Crippen molar-refractivity contribution in [3.05, 3.63) is 77.2 Å². The molecule has 3 rings (SSSR count). The molecule has 164 valence electrons. The van der Waals surface area contributed by atoms with Crippen molar-refractivity contribution < 1.29 is 18.3 Å². The van der Waals surface area contributed by atoms with Crippen LogP contribution in [0.4, 0.5) is 8.78 Å². The maximum absolute atomic E-state index is 14.1. The zero-order valence-electron chi connectivity index (χ0n) is 17.7. The summed E-state index contributed by atoms with van der Waals surface area (Å²) in [5.41, 5.74) is 0.476. The van der Waals surface area contributed by atoms with E-state index in [-0.39, 0.29) is 16.7 Å². The highest BCUT2D eigenvalue weighted by Crippen LogP contribution is 2.30. The Balaban J connectivity index is 1.97. The number of benzene rings is 2. The third-order valence-corrected chi connectivity index (χ3v) is 4.88. The van der Waals surface area contributed by atoms with E-state index in [1.54, 1.807) is 50.5 Å². The zero-order valence-corrected chi connectivity index (χ0v) is 18.5. The molecule has 31 heavy (non-hydrogen) atoms. The highest BCUT2D eigenvalue weighted by molar-refractivity contribution is 6.30. The number of carbonyl (C=O) groups is 1. The number of hydrogen-bond acceptors (Lipinski definition) is 3. The molecule has 0 radical (unpaired) electrons. The fourth-order valence-electron chi connectivity index (χ4n) is 2.99. The van der Waals surface area contributed by atoms with Crippen LogP contribution in [0.15, 0.2) is 55.0 Å². The highest BCUT2D eigenvalue weighted by Gasteiger charge is 2.29. The second-order valence-corrected chi connectivity index (χ2v) is 8.77. The van der Waals surface area contributed by atoms with Crippen LogP contribution in [-0.4, -0.2) is 21.5 Å². The molecule has 1 N–H and O–H groups in total. The van der Waals surface area contributed by atoms with E-state index in [1.807, 2.05) is 0 Å². The Bertz CT molecular complexity index is 1040. The lowest BCUT2D eigenvalue weighted by molar-refractivity contribution is -0.129. The van der Waals surface area contributed by atoms with E-state index < -0.39 is 23.4 Å². The Hall–Kier alpha value is -2.93. The molecular formula is C23H24ClF2N3O2. The van der Waals surface area contributed by atoms with E-state index in [2.05, 4.69) is 10.3 Å². The van der Waals surface area contributed by atoms with E-state index in [0.29, 0.717) is 17.1 Å². The number of rotatable bonds is 6. The van der Waals surface area contributed by atoms with Crippen LogP contribution in [0.5, 0.6) is 5.88 Å². The molecule has 1 amide bonds. The van der Waals surface area contributed by atoms with Gasteiger partial charge in [-0.15, -0.1) is 0 Å². The van der Waals surface area contributed by atoms with Crippen molar-refractivity contribution in [2.24, 2.45) is 5.41 Å². The van der Waals surface area contributed by atoms with Crippen LogP contribution in [0.1, 0.15) is 39.4 Å². The molecule has 2 aromatic carbocycles. The van der Waals surface area contributed by atoms with Crippen LogP contribution in [0, 0.1) is 17.0 Å². The van der Waals surface area contributed by atoms with Crippen molar-refractivity contribution in [2.75, 3.05) is 0 Å². The molecular weight excluding hydrogens is 424 g/mol. The summed E-state index contributed by atoms with van der Waals surface area (Å²) >= 11 is 6.07. The lowest BCUT2D eigenvalue weighted by Gasteiger charge is -2.29. The van der Waals surface area contributed by atoms with Crippen LogP contribution in [0.25, 0.3) is 5.69 Å². The number of nitrogens with zero attached hydrogens (tertiary/aromatic N) is 2. The van der Waals surface area contributed by atoms with Gasteiger partial charge >= 0.3 is 0 Å². The standard InChI is InChI=1S/C23H24ClF2N3O2/c1-14(28-22(30)23(2,3)4)21(15-9-16(24)11-18(26)10-15)31-20-12-27-13-29(20)19-7-5-17(25)6-8-19/h5-14,21H,1-4H3,(H,28,30)/t14-,21+/m0/s1. The summed E-state index contributed by atoms with van der Waals surface area (Å²) in [5, 5.41) is 3.14. The lowest BCUT2D eigenvalue weighted by Crippen LogP contribution is -2.44. The minimum absolute atomic E-state index is 0.178. The minimum atomic E-state index is -0.768. The first-order chi connectivity index (χ1) is 14.5. The molecule has 0 spiro atoms. The molecule has 0 unspecified atom stereocenters. The number of amides is 1. The monoisotopic (exact) mass is 447 g/mol. The van der Waals surface area contributed by atoms with Gasteiger partial charge in [-0.1, -0.05) is 32.4 Å². The summed E-state index contributed by atoms with van der Waals surface area (Å²) in [7, 11) is 0. The van der Waals surface area contributed by atoms with Crippen molar-refractivity contribution in [3.63, 3.8) is 0 Å². The number of nitrogens with one attached hydrogen (secondary N) is 1. The van der Waals surface area contributed by atoms with Crippen molar-refractivity contribution in [2.45, 2.75) is 39.8 Å². The van der Waals surface area contributed by atoms with Crippen molar-refractivity contribution in [1.29, 1.82) is 0 Å². The average Bonchev–Trinajstić information content (AvgIpc) is 3.13. The quantitative estimate of drug-likeness (QED) is 0.544. The summed E-state index contributed by atoms with van der Waals surface area (Å²) in [5.74, 6) is -0.716. The number of imidazole rings is 1. The average molecular weight is 448 g/mol. The number of aromatic nitrogens is 2. The molecule has 2 atom stereocenters. The molecule has 5 nitrogen and oxygen atoms in total. The summed E-state index contributed by atoms with van der Waals surface area (Å²) < 4.78 is 35.2. The third kappa shape index (κ3) is 5.61. The first kappa shape index (κ1) is 22.7. The predicted molar refractivity (Wildman–Crippen MR) is 115 cm³/mol. The van der Waals surface area contributed by atoms with E-state index >= 15 is 0 Å². The van der Waals surface area contributed by atoms with Gasteiger partial charge in [0, 0.05) is 10.4 Å². The predicted octanol–water partition coefficient (Wildman–Crippen LogP) is 5.47. The molecule has 8 heteroatoms. The third-order valence-electron chi connectivity index (χ3n) is 4.66. The first-order valence-electron chi connectivity index (χ1n) is 9.76. The molecule has 0 fully saturated rings. The molecule has 0 saturated heterocycles. The van der Waals surface area contributed by atoms with Gasteiger partial charge in [0.05, 0.1) is 17.9 Å². The second-order valence-electron chi connectivity index (χ2n) is 8.33. The van der Waals surface area contributed by atoms with Gasteiger partial charge in [-0.2, -0.15) is 0 Å². The topological polar surface area (TPSA) is 56.1 Å². The Morgan fingerprint density at radius 2 is 1.81 bits per heavy atom. The summed E-state index contributed by atoms with van der Waals surface area (Å²) in [6.45, 7) is 7.17. The van der Waals surface area contributed by atoms with Crippen LogP contribution >= 0.6 is 11.6 Å². The van der Waals surface area contributed by atoms with E-state index in [4.69, 9.17) is 16.3 Å². The van der Waals surface area contributed by atoms with Crippen molar-refractivity contribution in [3.8, 4) is 11.6 Å². The fraction of sp³-hybridized carbons (Fsp3) is 0.304. The number of halogens is 3. The Morgan fingerprint density at radius 1 is 1.13 bits per heavy atom. The highest BCUT2D eigenvalue weighted by atomic mass is 35.5. The number of hydrogen-bond donors (Lipinski definition) is 1. The van der Waals surface area contributed by atoms with E-state index in [9.17, 15) is 13.6 Å². The molecule has 1 heterocycles. The summed E-state index contributed by atoms with van der Waals surface area (Å²) in [4.78, 5) is 16.7. The van der Waals surface area contributed by atoms with E-state index in [0.717, 1.165) is 0 Å². The summed E-state index contributed by atoms with van der Waals surface area (Å²) in [6, 6.07) is 9.41. The zero-order chi connectivity index (χ0) is 22.8. The number of ether oxygens (including phenoxy) is 1. The van der Waals surface area contributed by atoms with Gasteiger partial charge in [0.25, 0.3) is 0 Å². The molecule has 3 aromatic rings. The smallest absolute Gasteiger partial charge is 0.225 e. The Kier molecular flexibility index (Phi) is 6.65.